The summed E-state index contributed by atoms with van der Waals surface area (Å²) in [6.45, 7) is 5.10. The Bertz CT molecular complexity index is 559. The molecule has 3 N–H and O–H groups in total. The van der Waals surface area contributed by atoms with Crippen LogP contribution in [0, 0.1) is 5.92 Å². The second-order valence-electron chi connectivity index (χ2n) is 5.49. The predicted molar refractivity (Wildman–Crippen MR) is 83.6 cm³/mol. The molecular weight excluding hydrogens is 284 g/mol. The van der Waals surface area contributed by atoms with E-state index in [-0.39, 0.29) is 18.2 Å². The number of ether oxygens (including phenoxy) is 1. The van der Waals surface area contributed by atoms with Gasteiger partial charge in [-0.1, -0.05) is 20.3 Å². The summed E-state index contributed by atoms with van der Waals surface area (Å²) in [7, 11) is 0. The lowest BCUT2D eigenvalue weighted by atomic mass is 9.99. The third-order valence-corrected chi connectivity index (χ3v) is 3.94. The number of carbonyl (C=O) groups excluding carboxylic acids is 1. The number of aliphatic carboxylic acids is 1. The minimum absolute atomic E-state index is 0.000943. The van der Waals surface area contributed by atoms with Crippen molar-refractivity contribution >= 4 is 17.4 Å². The first-order chi connectivity index (χ1) is 10.5. The van der Waals surface area contributed by atoms with Gasteiger partial charge in [-0.3, -0.25) is 14.9 Å². The molecule has 120 valence electrons. The monoisotopic (exact) mass is 306 g/mol. The molecule has 1 aliphatic rings. The lowest BCUT2D eigenvalue weighted by Crippen LogP contribution is -2.44. The molecule has 0 saturated heterocycles. The normalized spacial score (nSPS) is 15.9. The summed E-state index contributed by atoms with van der Waals surface area (Å²) in [5, 5.41) is 15.2. The van der Waals surface area contributed by atoms with Gasteiger partial charge in [-0.2, -0.15) is 0 Å². The molecule has 0 bridgehead atoms. The Morgan fingerprint density at radius 1 is 1.45 bits per heavy atom. The maximum Gasteiger partial charge on any atom is 0.320 e. The average Bonchev–Trinajstić information content (AvgIpc) is 2.53. The number of carboxylic acid groups (broad SMARTS) is 1. The molecule has 6 heteroatoms. The number of hydrogen-bond donors (Lipinski definition) is 3. The number of Topliss-reactive ketones (excluding diaryl/α,β-unsaturated/α-hetero) is 1. The molecule has 0 spiro atoms. The van der Waals surface area contributed by atoms with E-state index in [0.29, 0.717) is 18.7 Å². The highest BCUT2D eigenvalue weighted by molar-refractivity contribution is 5.99. The lowest BCUT2D eigenvalue weighted by molar-refractivity contribution is -0.140. The number of rotatable bonds is 7. The molecule has 1 aromatic carbocycles. The van der Waals surface area contributed by atoms with E-state index < -0.39 is 12.0 Å². The zero-order chi connectivity index (χ0) is 16.1. The Hall–Kier alpha value is -2.08. The molecule has 1 aliphatic heterocycles. The van der Waals surface area contributed by atoms with Crippen molar-refractivity contribution in [3.8, 4) is 5.75 Å². The van der Waals surface area contributed by atoms with Crippen LogP contribution >= 0.6 is 0 Å². The van der Waals surface area contributed by atoms with Crippen LogP contribution in [0.15, 0.2) is 18.2 Å². The molecular formula is C16H22N2O4. The van der Waals surface area contributed by atoms with Crippen molar-refractivity contribution in [1.82, 2.24) is 5.32 Å². The van der Waals surface area contributed by atoms with Crippen molar-refractivity contribution in [2.45, 2.75) is 26.3 Å². The number of nitrogens with one attached hydrogen (secondary N) is 2. The van der Waals surface area contributed by atoms with Crippen LogP contribution < -0.4 is 15.4 Å². The fraction of sp³-hybridized carbons (Fsp3) is 0.500. The van der Waals surface area contributed by atoms with Gasteiger partial charge in [0.15, 0.2) is 5.78 Å². The molecule has 1 heterocycles. The summed E-state index contributed by atoms with van der Waals surface area (Å²) in [4.78, 5) is 23.5. The van der Waals surface area contributed by atoms with Gasteiger partial charge >= 0.3 is 5.97 Å². The molecule has 0 aliphatic carbocycles. The standard InChI is InChI=1S/C16H22N2O4/c1-3-10(2)15(16(20)21)18-9-13(19)11-4-5-14-12(8-11)17-6-7-22-14/h4-5,8,10,15,17-18H,3,6-7,9H2,1-2H3,(H,20,21). The smallest absolute Gasteiger partial charge is 0.320 e. The first-order valence-corrected chi connectivity index (χ1v) is 7.53. The van der Waals surface area contributed by atoms with Crippen molar-refractivity contribution in [3.63, 3.8) is 0 Å². The molecule has 0 amide bonds. The van der Waals surface area contributed by atoms with Crippen LogP contribution in [-0.2, 0) is 4.79 Å². The number of hydrogen-bond acceptors (Lipinski definition) is 5. The average molecular weight is 306 g/mol. The van der Waals surface area contributed by atoms with Gasteiger partial charge in [-0.15, -0.1) is 0 Å². The van der Waals surface area contributed by atoms with Crippen molar-refractivity contribution in [2.24, 2.45) is 5.92 Å². The topological polar surface area (TPSA) is 87.7 Å². The van der Waals surface area contributed by atoms with Crippen LogP contribution in [-0.4, -0.2) is 42.6 Å². The van der Waals surface area contributed by atoms with Crippen LogP contribution in [0.4, 0.5) is 5.69 Å². The Labute approximate surface area is 129 Å². The third kappa shape index (κ3) is 3.76. The van der Waals surface area contributed by atoms with Gasteiger partial charge in [-0.25, -0.2) is 0 Å². The van der Waals surface area contributed by atoms with Crippen LogP contribution in [0.3, 0.4) is 0 Å². The summed E-state index contributed by atoms with van der Waals surface area (Å²) in [6.07, 6.45) is 0.734. The quantitative estimate of drug-likeness (QED) is 0.665. The number of carboxylic acids is 1. The molecule has 6 nitrogen and oxygen atoms in total. The number of fused-ring (bicyclic) bond motifs is 1. The van der Waals surface area contributed by atoms with E-state index in [1.54, 1.807) is 18.2 Å². The number of carbonyl (C=O) groups is 2. The maximum atomic E-state index is 12.2. The Kier molecular flexibility index (Phi) is 5.38. The minimum atomic E-state index is -0.928. The largest absolute Gasteiger partial charge is 0.490 e. The summed E-state index contributed by atoms with van der Waals surface area (Å²) in [5.74, 6) is -0.366. The van der Waals surface area contributed by atoms with E-state index >= 15 is 0 Å². The molecule has 2 unspecified atom stereocenters. The van der Waals surface area contributed by atoms with Gasteiger partial charge in [-0.05, 0) is 24.1 Å². The van der Waals surface area contributed by atoms with Crippen molar-refractivity contribution < 1.29 is 19.4 Å². The van der Waals surface area contributed by atoms with E-state index in [0.717, 1.165) is 17.9 Å². The molecule has 0 fully saturated rings. The zero-order valence-corrected chi connectivity index (χ0v) is 12.9. The van der Waals surface area contributed by atoms with Gasteiger partial charge < -0.3 is 15.2 Å². The highest BCUT2D eigenvalue weighted by atomic mass is 16.5. The van der Waals surface area contributed by atoms with E-state index in [1.807, 2.05) is 13.8 Å². The molecule has 2 rings (SSSR count). The SMILES string of the molecule is CCC(C)C(NCC(=O)c1ccc2c(c1)NCCO2)C(=O)O. The fourth-order valence-electron chi connectivity index (χ4n) is 2.39. The first kappa shape index (κ1) is 16.3. The Morgan fingerprint density at radius 2 is 2.23 bits per heavy atom. The van der Waals surface area contributed by atoms with Gasteiger partial charge in [0.2, 0.25) is 0 Å². The number of anilines is 1. The Balaban J connectivity index is 2.01. The summed E-state index contributed by atoms with van der Waals surface area (Å²) >= 11 is 0. The van der Waals surface area contributed by atoms with Crippen molar-refractivity contribution in [3.05, 3.63) is 23.8 Å². The second-order valence-corrected chi connectivity index (χ2v) is 5.49. The highest BCUT2D eigenvalue weighted by Crippen LogP contribution is 2.28. The zero-order valence-electron chi connectivity index (χ0n) is 12.9. The minimum Gasteiger partial charge on any atom is -0.490 e. The van der Waals surface area contributed by atoms with Gasteiger partial charge in [0.25, 0.3) is 0 Å². The second kappa shape index (κ2) is 7.26. The Morgan fingerprint density at radius 3 is 2.91 bits per heavy atom. The van der Waals surface area contributed by atoms with Gasteiger partial charge in [0.05, 0.1) is 12.2 Å². The third-order valence-electron chi connectivity index (χ3n) is 3.94. The molecule has 2 atom stereocenters. The van der Waals surface area contributed by atoms with E-state index in [4.69, 9.17) is 4.74 Å². The van der Waals surface area contributed by atoms with E-state index in [1.165, 1.54) is 0 Å². The molecule has 0 radical (unpaired) electrons. The number of benzene rings is 1. The van der Waals surface area contributed by atoms with E-state index in [2.05, 4.69) is 10.6 Å². The lowest BCUT2D eigenvalue weighted by Gasteiger charge is -2.21. The fourth-order valence-corrected chi connectivity index (χ4v) is 2.39. The summed E-state index contributed by atoms with van der Waals surface area (Å²) in [5.41, 5.74) is 1.34. The predicted octanol–water partition coefficient (Wildman–Crippen LogP) is 1.76. The van der Waals surface area contributed by atoms with Crippen LogP contribution in [0.1, 0.15) is 30.6 Å². The highest BCUT2D eigenvalue weighted by Gasteiger charge is 2.24. The molecule has 0 saturated carbocycles. The van der Waals surface area contributed by atoms with Crippen LogP contribution in [0.5, 0.6) is 5.75 Å². The number of ketones is 1. The summed E-state index contributed by atoms with van der Waals surface area (Å²) in [6, 6.07) is 4.50. The summed E-state index contributed by atoms with van der Waals surface area (Å²) < 4.78 is 5.47. The maximum absolute atomic E-state index is 12.2. The molecule has 22 heavy (non-hydrogen) atoms. The van der Waals surface area contributed by atoms with Crippen LogP contribution in [0.2, 0.25) is 0 Å². The van der Waals surface area contributed by atoms with Crippen molar-refractivity contribution in [2.75, 3.05) is 25.0 Å². The van der Waals surface area contributed by atoms with E-state index in [9.17, 15) is 14.7 Å². The molecule has 0 aromatic heterocycles. The van der Waals surface area contributed by atoms with Crippen molar-refractivity contribution in [1.29, 1.82) is 0 Å². The molecule has 1 aromatic rings. The van der Waals surface area contributed by atoms with Crippen LogP contribution in [0.25, 0.3) is 0 Å². The first-order valence-electron chi connectivity index (χ1n) is 7.53. The van der Waals surface area contributed by atoms with Gasteiger partial charge in [0.1, 0.15) is 18.4 Å². The van der Waals surface area contributed by atoms with Gasteiger partial charge in [0, 0.05) is 12.1 Å².